The number of nitrogens with one attached hydrogen (secondary N) is 4. The van der Waals surface area contributed by atoms with E-state index in [0.29, 0.717) is 52.9 Å². The van der Waals surface area contributed by atoms with Gasteiger partial charge < -0.3 is 20.9 Å². The lowest BCUT2D eigenvalue weighted by molar-refractivity contribution is -0.138. The molecular formula is C51H46F7N5O5S. The minimum absolute atomic E-state index is 0.00565. The molecule has 1 unspecified atom stereocenters. The SMILES string of the molecule is CS(=O)(=O)N[C@H]1Cc2ccc(NC(=O)c3cc(F)ccc3-c3ccc(C(F)(F)F)cc3)cc2C1.Cc1cccc(C(=O)Nc2ccc3c(c2)CC(NC(=O)N(C)C)C3)c1-c1ccc(C(F)(F)F)cc1. The minimum atomic E-state index is -4.50. The number of urea groups is 1. The van der Waals surface area contributed by atoms with Crippen molar-refractivity contribution in [2.24, 2.45) is 0 Å². The quantitative estimate of drug-likeness (QED) is 0.107. The zero-order valence-corrected chi connectivity index (χ0v) is 38.4. The molecule has 0 aromatic heterocycles. The minimum Gasteiger partial charge on any atom is -0.335 e. The van der Waals surface area contributed by atoms with E-state index in [0.717, 1.165) is 76.9 Å². The van der Waals surface area contributed by atoms with Crippen LogP contribution in [0, 0.1) is 12.7 Å². The summed E-state index contributed by atoms with van der Waals surface area (Å²) in [7, 11) is 0.0253. The van der Waals surface area contributed by atoms with Gasteiger partial charge in [-0.1, -0.05) is 54.6 Å². The van der Waals surface area contributed by atoms with Crippen molar-refractivity contribution in [1.82, 2.24) is 14.9 Å². The fourth-order valence-corrected chi connectivity index (χ4v) is 9.21. The van der Waals surface area contributed by atoms with Gasteiger partial charge in [-0.3, -0.25) is 9.59 Å². The first-order valence-electron chi connectivity index (χ1n) is 21.5. The molecule has 18 heteroatoms. The number of alkyl halides is 6. The Labute approximate surface area is 394 Å². The maximum Gasteiger partial charge on any atom is 0.416 e. The smallest absolute Gasteiger partial charge is 0.335 e. The van der Waals surface area contributed by atoms with Crippen molar-refractivity contribution < 1.29 is 53.5 Å². The predicted octanol–water partition coefficient (Wildman–Crippen LogP) is 10.5. The van der Waals surface area contributed by atoms with Crippen molar-refractivity contribution in [2.75, 3.05) is 31.0 Å². The van der Waals surface area contributed by atoms with Gasteiger partial charge in [0, 0.05) is 43.1 Å². The van der Waals surface area contributed by atoms with Gasteiger partial charge >= 0.3 is 18.4 Å². The van der Waals surface area contributed by atoms with E-state index in [1.165, 1.54) is 35.2 Å². The van der Waals surface area contributed by atoms with E-state index in [9.17, 15) is 53.5 Å². The van der Waals surface area contributed by atoms with Gasteiger partial charge in [-0.2, -0.15) is 26.3 Å². The third-order valence-corrected chi connectivity index (χ3v) is 12.4. The number of sulfonamides is 1. The summed E-state index contributed by atoms with van der Waals surface area (Å²) in [5.74, 6) is -1.64. The molecular weight excluding hydrogens is 928 g/mol. The molecule has 2 aliphatic rings. The summed E-state index contributed by atoms with van der Waals surface area (Å²) in [6.07, 6.45) is -5.45. The molecule has 0 fully saturated rings. The van der Waals surface area contributed by atoms with E-state index in [4.69, 9.17) is 0 Å². The van der Waals surface area contributed by atoms with Gasteiger partial charge in [0.05, 0.1) is 22.9 Å². The number of anilines is 2. The number of aryl methyl sites for hydroxylation is 1. The number of hydrogen-bond donors (Lipinski definition) is 4. The van der Waals surface area contributed by atoms with Crippen molar-refractivity contribution in [1.29, 1.82) is 0 Å². The molecule has 6 aromatic carbocycles. The first-order valence-corrected chi connectivity index (χ1v) is 23.4. The molecule has 0 aliphatic heterocycles. The summed E-state index contributed by atoms with van der Waals surface area (Å²) >= 11 is 0. The van der Waals surface area contributed by atoms with E-state index in [1.807, 2.05) is 31.2 Å². The maximum absolute atomic E-state index is 14.0. The monoisotopic (exact) mass is 973 g/mol. The molecule has 10 nitrogen and oxygen atoms in total. The van der Waals surface area contributed by atoms with Crippen molar-refractivity contribution in [3.8, 4) is 22.3 Å². The summed E-state index contributed by atoms with van der Waals surface area (Å²) in [4.78, 5) is 39.7. The molecule has 2 aliphatic carbocycles. The highest BCUT2D eigenvalue weighted by Gasteiger charge is 2.32. The van der Waals surface area contributed by atoms with Crippen molar-refractivity contribution in [3.05, 3.63) is 177 Å². The zero-order valence-electron chi connectivity index (χ0n) is 37.6. The van der Waals surface area contributed by atoms with Crippen LogP contribution in [0.25, 0.3) is 22.3 Å². The molecule has 360 valence electrons. The summed E-state index contributed by atoms with van der Waals surface area (Å²) < 4.78 is 117. The first kappa shape index (κ1) is 49.8. The fourth-order valence-electron chi connectivity index (χ4n) is 8.44. The van der Waals surface area contributed by atoms with Crippen molar-refractivity contribution in [3.63, 3.8) is 0 Å². The Morgan fingerprint density at radius 2 is 1.09 bits per heavy atom. The lowest BCUT2D eigenvalue weighted by Gasteiger charge is -2.16. The Balaban J connectivity index is 0.000000204. The number of rotatable bonds is 9. The van der Waals surface area contributed by atoms with E-state index < -0.39 is 45.2 Å². The van der Waals surface area contributed by atoms with Gasteiger partial charge in [-0.25, -0.2) is 22.3 Å². The molecule has 0 heterocycles. The Kier molecular flexibility index (Phi) is 14.4. The summed E-state index contributed by atoms with van der Waals surface area (Å²) in [5, 5.41) is 8.61. The van der Waals surface area contributed by atoms with Gasteiger partial charge in [0.25, 0.3) is 11.8 Å². The summed E-state index contributed by atoms with van der Waals surface area (Å²) in [5.41, 5.74) is 6.37. The van der Waals surface area contributed by atoms with Gasteiger partial charge in [0.1, 0.15) is 5.82 Å². The van der Waals surface area contributed by atoms with Gasteiger partial charge in [0.15, 0.2) is 0 Å². The molecule has 0 spiro atoms. The number of carbonyl (C=O) groups is 3. The standard InChI is InChI=1S/C27H26F3N3O2.C24H20F4N2O3S/c1-16-5-4-6-23(24(16)17-7-10-20(11-8-17)27(28,29)30)25(34)31-21-12-9-18-13-22(15-19(18)14-21)32-26(35)33(2)3;1-34(32,33)30-20-10-15-4-8-19(11-16(15)12-20)29-23(31)22-13-18(25)7-9-21(22)14-2-5-17(6-3-14)24(26,27)28/h4-12,14,22H,13,15H2,1-3H3,(H,31,34)(H,32,35);2-9,11,13,20,30H,10,12H2,1H3,(H,29,31)/t;20-/m.0/s1. The molecule has 0 saturated heterocycles. The molecule has 4 N–H and O–H groups in total. The largest absolute Gasteiger partial charge is 0.416 e. The molecule has 4 amide bonds. The Morgan fingerprint density at radius 3 is 1.61 bits per heavy atom. The molecule has 2 atom stereocenters. The van der Waals surface area contributed by atoms with E-state index in [-0.39, 0.29) is 35.1 Å². The van der Waals surface area contributed by atoms with E-state index in [1.54, 1.807) is 44.4 Å². The zero-order chi connectivity index (χ0) is 50.0. The molecule has 0 bridgehead atoms. The van der Waals surface area contributed by atoms with Crippen LogP contribution in [0.1, 0.15) is 59.7 Å². The number of fused-ring (bicyclic) bond motifs is 2. The molecule has 69 heavy (non-hydrogen) atoms. The number of nitrogens with zero attached hydrogens (tertiary/aromatic N) is 1. The molecule has 0 radical (unpaired) electrons. The molecule has 8 rings (SSSR count). The van der Waals surface area contributed by atoms with Gasteiger partial charge in [0.2, 0.25) is 10.0 Å². The van der Waals surface area contributed by atoms with Crippen LogP contribution in [0.4, 0.5) is 46.9 Å². The molecule has 6 aromatic rings. The van der Waals surface area contributed by atoms with Crippen LogP contribution in [0.2, 0.25) is 0 Å². The Morgan fingerprint density at radius 1 is 0.594 bits per heavy atom. The van der Waals surface area contributed by atoms with Crippen LogP contribution in [-0.4, -0.2) is 63.6 Å². The maximum atomic E-state index is 14.0. The summed E-state index contributed by atoms with van der Waals surface area (Å²) in [6.45, 7) is 1.82. The van der Waals surface area contributed by atoms with Crippen molar-refractivity contribution in [2.45, 2.75) is 57.0 Å². The second kappa shape index (κ2) is 19.9. The third kappa shape index (κ3) is 12.4. The predicted molar refractivity (Wildman–Crippen MR) is 250 cm³/mol. The van der Waals surface area contributed by atoms with E-state index in [2.05, 4.69) is 20.7 Å². The first-order chi connectivity index (χ1) is 32.4. The lowest BCUT2D eigenvalue weighted by Crippen LogP contribution is -2.41. The normalized spacial score (nSPS) is 15.3. The van der Waals surface area contributed by atoms with Crippen molar-refractivity contribution >= 4 is 39.2 Å². The highest BCUT2D eigenvalue weighted by atomic mass is 32.2. The average molecular weight is 974 g/mol. The number of amides is 4. The van der Waals surface area contributed by atoms with Crippen LogP contribution in [0.3, 0.4) is 0 Å². The number of hydrogen-bond acceptors (Lipinski definition) is 5. The topological polar surface area (TPSA) is 137 Å². The Hall–Kier alpha value is -7.05. The fraction of sp³-hybridized carbons (Fsp3) is 0.235. The number of carbonyl (C=O) groups excluding carboxylic acids is 3. The highest BCUT2D eigenvalue weighted by Crippen LogP contribution is 2.36. The third-order valence-electron chi connectivity index (χ3n) is 11.7. The van der Waals surface area contributed by atoms with E-state index >= 15 is 0 Å². The lowest BCUT2D eigenvalue weighted by atomic mass is 9.93. The average Bonchev–Trinajstić information content (AvgIpc) is 3.87. The summed E-state index contributed by atoms with van der Waals surface area (Å²) in [6, 6.07) is 28.3. The number of halogens is 7. The molecule has 0 saturated carbocycles. The van der Waals surface area contributed by atoms with Gasteiger partial charge in [-0.15, -0.1) is 0 Å². The van der Waals surface area contributed by atoms with Crippen LogP contribution in [-0.2, 0) is 48.1 Å². The Bertz CT molecular complexity index is 3030. The second-order valence-corrected chi connectivity index (χ2v) is 18.9. The van der Waals surface area contributed by atoms with Crippen LogP contribution < -0.4 is 20.7 Å². The highest BCUT2D eigenvalue weighted by molar-refractivity contribution is 7.88. The number of benzene rings is 6. The van der Waals surface area contributed by atoms with Gasteiger partial charge in [-0.05, 0) is 149 Å². The van der Waals surface area contributed by atoms with Crippen LogP contribution in [0.15, 0.2) is 121 Å². The van der Waals surface area contributed by atoms with Crippen LogP contribution >= 0.6 is 0 Å². The second-order valence-electron chi connectivity index (χ2n) is 17.2. The van der Waals surface area contributed by atoms with Crippen LogP contribution in [0.5, 0.6) is 0 Å².